The molecule has 0 amide bonds. The largest absolute Gasteiger partial charge is 0.480 e. The number of aromatic nitrogens is 2. The number of carboxylic acids is 1. The fourth-order valence-electron chi connectivity index (χ4n) is 4.42. The van der Waals surface area contributed by atoms with Crippen LogP contribution in [0.15, 0.2) is 59.6 Å². The molecule has 1 unspecified atom stereocenters. The first-order valence-electron chi connectivity index (χ1n) is 10.9. The number of aliphatic carboxylic acids is 1. The van der Waals surface area contributed by atoms with Gasteiger partial charge in [-0.3, -0.25) is 9.48 Å². The molecule has 186 valence electrons. The lowest BCUT2D eigenvalue weighted by Crippen LogP contribution is -2.29. The van der Waals surface area contributed by atoms with Crippen LogP contribution in [0.3, 0.4) is 0 Å². The average molecular weight is 509 g/mol. The molecule has 1 aromatic heterocycles. The number of alkyl halides is 3. The molecule has 35 heavy (non-hydrogen) atoms. The minimum atomic E-state index is -4.78. The summed E-state index contributed by atoms with van der Waals surface area (Å²) in [6.45, 7) is 1.11. The Labute approximate surface area is 200 Å². The third-order valence-electron chi connectivity index (χ3n) is 6.17. The summed E-state index contributed by atoms with van der Waals surface area (Å²) in [6, 6.07) is 10.6. The number of sulfone groups is 1. The van der Waals surface area contributed by atoms with Crippen molar-refractivity contribution in [2.75, 3.05) is 0 Å². The van der Waals surface area contributed by atoms with Crippen LogP contribution in [0, 0.1) is 0 Å². The van der Waals surface area contributed by atoms with Crippen molar-refractivity contribution in [2.24, 2.45) is 0 Å². The Morgan fingerprint density at radius 2 is 1.91 bits per heavy atom. The van der Waals surface area contributed by atoms with E-state index in [1.165, 1.54) is 17.8 Å². The van der Waals surface area contributed by atoms with Crippen molar-refractivity contribution in [1.29, 1.82) is 0 Å². The molecule has 3 aromatic rings. The summed E-state index contributed by atoms with van der Waals surface area (Å²) in [5.74, 6) is -1.59. The first kappa shape index (κ1) is 24.8. The number of nitrogens with zero attached hydrogens (tertiary/aromatic N) is 2. The van der Waals surface area contributed by atoms with Gasteiger partial charge in [-0.25, -0.2) is 8.42 Å². The monoisotopic (exact) mass is 508 g/mol. The van der Waals surface area contributed by atoms with Crippen molar-refractivity contribution < 1.29 is 36.2 Å². The normalized spacial score (nSPS) is 17.0. The summed E-state index contributed by atoms with van der Waals surface area (Å²) in [5, 5.41) is 12.1. The van der Waals surface area contributed by atoms with Crippen molar-refractivity contribution in [3.8, 4) is 11.5 Å². The minimum absolute atomic E-state index is 0.240. The lowest BCUT2D eigenvalue weighted by atomic mass is 9.85. The van der Waals surface area contributed by atoms with Gasteiger partial charge in [0.25, 0.3) is 0 Å². The van der Waals surface area contributed by atoms with Gasteiger partial charge in [0.15, 0.2) is 9.84 Å². The molecule has 7 nitrogen and oxygen atoms in total. The van der Waals surface area contributed by atoms with E-state index < -0.39 is 43.6 Å². The Morgan fingerprint density at radius 1 is 1.20 bits per heavy atom. The van der Waals surface area contributed by atoms with Crippen LogP contribution < -0.4 is 4.74 Å². The summed E-state index contributed by atoms with van der Waals surface area (Å²) < 4.78 is 74.9. The molecular weight excluding hydrogens is 485 g/mol. The van der Waals surface area contributed by atoms with Crippen LogP contribution in [0.2, 0.25) is 0 Å². The van der Waals surface area contributed by atoms with Crippen molar-refractivity contribution in [3.05, 3.63) is 71.5 Å². The summed E-state index contributed by atoms with van der Waals surface area (Å²) in [6.07, 6.45) is -1.68. The number of benzene rings is 2. The van der Waals surface area contributed by atoms with Crippen LogP contribution in [0.1, 0.15) is 42.5 Å². The maximum atomic E-state index is 13.6. The number of halogens is 3. The molecule has 1 aliphatic rings. The number of rotatable bonds is 7. The maximum absolute atomic E-state index is 13.6. The van der Waals surface area contributed by atoms with E-state index in [0.717, 1.165) is 12.1 Å². The van der Waals surface area contributed by atoms with Gasteiger partial charge in [-0.1, -0.05) is 18.2 Å². The molecule has 0 aliphatic heterocycles. The fourth-order valence-corrected chi connectivity index (χ4v) is 6.14. The Morgan fingerprint density at radius 3 is 2.57 bits per heavy atom. The van der Waals surface area contributed by atoms with Crippen molar-refractivity contribution in [3.63, 3.8) is 0 Å². The zero-order chi connectivity index (χ0) is 25.4. The molecule has 2 atom stereocenters. The highest BCUT2D eigenvalue weighted by molar-refractivity contribution is 7.92. The molecule has 1 N–H and O–H groups in total. The van der Waals surface area contributed by atoms with Gasteiger partial charge in [-0.15, -0.1) is 0 Å². The Bertz CT molecular complexity index is 1340. The second kappa shape index (κ2) is 9.37. The van der Waals surface area contributed by atoms with Crippen LogP contribution >= 0.6 is 0 Å². The summed E-state index contributed by atoms with van der Waals surface area (Å²) in [4.78, 5) is 10.6. The van der Waals surface area contributed by atoms with Crippen molar-refractivity contribution in [1.82, 2.24) is 9.78 Å². The van der Waals surface area contributed by atoms with E-state index in [4.69, 9.17) is 9.84 Å². The Hall–Kier alpha value is -3.34. The Kier molecular flexibility index (Phi) is 6.63. The number of hydrogen-bond donors (Lipinski definition) is 1. The van der Waals surface area contributed by atoms with E-state index in [-0.39, 0.29) is 18.0 Å². The number of para-hydroxylation sites is 1. The van der Waals surface area contributed by atoms with Crippen LogP contribution in [0.4, 0.5) is 13.2 Å². The lowest BCUT2D eigenvalue weighted by Gasteiger charge is -2.28. The standard InChI is InChI=1S/C24H23F3N2O5S/c1-15(20-8-5-9-22-21(20)13-28-29(22)14-23(30)31)35(32,33)19-11-16(24(25,26)27)10-18(12-19)34-17-6-3-2-4-7-17/h2-4,6-7,10-13,15,20H,5,8-9,14H2,1H3,(H,30,31)/t15-,20?/m1/s1. The number of ether oxygens (including phenoxy) is 1. The lowest BCUT2D eigenvalue weighted by molar-refractivity contribution is -0.138. The molecule has 2 aromatic carbocycles. The van der Waals surface area contributed by atoms with Crippen LogP contribution in [-0.4, -0.2) is 34.5 Å². The van der Waals surface area contributed by atoms with Gasteiger partial charge in [0.1, 0.15) is 18.0 Å². The Balaban J connectivity index is 1.72. The first-order valence-corrected chi connectivity index (χ1v) is 12.5. The highest BCUT2D eigenvalue weighted by atomic mass is 32.2. The minimum Gasteiger partial charge on any atom is -0.480 e. The molecule has 1 heterocycles. The van der Waals surface area contributed by atoms with E-state index in [0.29, 0.717) is 36.6 Å². The molecule has 0 spiro atoms. The molecule has 1 aliphatic carbocycles. The van der Waals surface area contributed by atoms with Gasteiger partial charge in [-0.2, -0.15) is 18.3 Å². The zero-order valence-corrected chi connectivity index (χ0v) is 19.5. The third-order valence-corrected chi connectivity index (χ3v) is 8.37. The van der Waals surface area contributed by atoms with E-state index in [1.807, 2.05) is 0 Å². The summed E-state index contributed by atoms with van der Waals surface area (Å²) >= 11 is 0. The topological polar surface area (TPSA) is 98.5 Å². The molecular formula is C24H23F3N2O5S. The highest BCUT2D eigenvalue weighted by Gasteiger charge is 2.38. The van der Waals surface area contributed by atoms with Gasteiger partial charge in [0.05, 0.1) is 21.9 Å². The summed E-state index contributed by atoms with van der Waals surface area (Å²) in [5.41, 5.74) is 0.125. The van der Waals surface area contributed by atoms with E-state index in [1.54, 1.807) is 30.3 Å². The molecule has 0 fully saturated rings. The molecule has 11 heteroatoms. The average Bonchev–Trinajstić information content (AvgIpc) is 3.20. The zero-order valence-electron chi connectivity index (χ0n) is 18.7. The first-order chi connectivity index (χ1) is 16.5. The SMILES string of the molecule is C[C@H](C1CCCc2c1cnn2CC(=O)O)S(=O)(=O)c1cc(Oc2ccccc2)cc(C(F)(F)F)c1. The highest BCUT2D eigenvalue weighted by Crippen LogP contribution is 2.41. The molecule has 0 saturated heterocycles. The number of carboxylic acid groups (broad SMARTS) is 1. The molecule has 0 saturated carbocycles. The van der Waals surface area contributed by atoms with E-state index in [2.05, 4.69) is 5.10 Å². The van der Waals surface area contributed by atoms with Crippen LogP contribution in [0.5, 0.6) is 11.5 Å². The van der Waals surface area contributed by atoms with Gasteiger partial charge >= 0.3 is 12.1 Å². The third kappa shape index (κ3) is 5.19. The van der Waals surface area contributed by atoms with Gasteiger partial charge in [0.2, 0.25) is 0 Å². The van der Waals surface area contributed by atoms with E-state index >= 15 is 0 Å². The van der Waals surface area contributed by atoms with Crippen LogP contribution in [-0.2, 0) is 33.8 Å². The van der Waals surface area contributed by atoms with Crippen molar-refractivity contribution in [2.45, 2.75) is 55.0 Å². The molecule has 4 rings (SSSR count). The quantitative estimate of drug-likeness (QED) is 0.479. The number of fused-ring (bicyclic) bond motifs is 1. The van der Waals surface area contributed by atoms with E-state index in [9.17, 15) is 26.4 Å². The van der Waals surface area contributed by atoms with Gasteiger partial charge < -0.3 is 9.84 Å². The predicted molar refractivity (Wildman–Crippen MR) is 120 cm³/mol. The summed E-state index contributed by atoms with van der Waals surface area (Å²) in [7, 11) is -4.23. The van der Waals surface area contributed by atoms with Crippen molar-refractivity contribution >= 4 is 15.8 Å². The maximum Gasteiger partial charge on any atom is 0.416 e. The van der Waals surface area contributed by atoms with Crippen LogP contribution in [0.25, 0.3) is 0 Å². The fraction of sp³-hybridized carbons (Fsp3) is 0.333. The number of carbonyl (C=O) groups is 1. The second-order valence-electron chi connectivity index (χ2n) is 8.45. The van der Waals surface area contributed by atoms with Gasteiger partial charge in [-0.05, 0) is 62.1 Å². The predicted octanol–water partition coefficient (Wildman–Crippen LogP) is 5.06. The smallest absolute Gasteiger partial charge is 0.416 e. The number of hydrogen-bond acceptors (Lipinski definition) is 5. The molecule has 0 radical (unpaired) electrons. The van der Waals surface area contributed by atoms with Gasteiger partial charge in [0, 0.05) is 11.6 Å². The molecule has 0 bridgehead atoms. The second-order valence-corrected chi connectivity index (χ2v) is 10.8.